The van der Waals surface area contributed by atoms with Crippen molar-refractivity contribution in [3.8, 4) is 0 Å². The minimum atomic E-state index is -4.34. The maximum atomic E-state index is 12.4. The second-order valence-electron chi connectivity index (χ2n) is 4.49. The molecule has 20 heavy (non-hydrogen) atoms. The van der Waals surface area contributed by atoms with E-state index in [0.717, 1.165) is 12.1 Å². The maximum absolute atomic E-state index is 12.4. The van der Waals surface area contributed by atoms with Gasteiger partial charge in [0, 0.05) is 25.4 Å². The van der Waals surface area contributed by atoms with Crippen LogP contribution in [0.15, 0.2) is 36.7 Å². The zero-order chi connectivity index (χ0) is 14.8. The highest BCUT2D eigenvalue weighted by molar-refractivity contribution is 5.25. The Hall–Kier alpha value is -1.82. The lowest BCUT2D eigenvalue weighted by Crippen LogP contribution is -2.10. The van der Waals surface area contributed by atoms with Crippen molar-refractivity contribution in [2.24, 2.45) is 0 Å². The van der Waals surface area contributed by atoms with Crippen molar-refractivity contribution in [2.75, 3.05) is 0 Å². The lowest BCUT2D eigenvalue weighted by molar-refractivity contribution is -0.137. The highest BCUT2D eigenvalue weighted by Gasteiger charge is 2.30. The molecule has 1 unspecified atom stereocenters. The van der Waals surface area contributed by atoms with Crippen LogP contribution >= 0.6 is 0 Å². The van der Waals surface area contributed by atoms with Gasteiger partial charge in [-0.2, -0.15) is 13.2 Å². The summed E-state index contributed by atoms with van der Waals surface area (Å²) in [6.07, 6.45) is -1.59. The molecular weight excluding hydrogens is 269 g/mol. The summed E-state index contributed by atoms with van der Waals surface area (Å²) in [4.78, 5) is 4.07. The number of imidazole rings is 1. The highest BCUT2D eigenvalue weighted by atomic mass is 19.4. The number of aromatic nitrogens is 2. The first kappa shape index (κ1) is 14.6. The molecule has 3 nitrogen and oxygen atoms in total. The molecule has 6 heteroatoms. The van der Waals surface area contributed by atoms with Gasteiger partial charge in [-0.15, -0.1) is 0 Å². The Labute approximate surface area is 114 Å². The Morgan fingerprint density at radius 3 is 2.45 bits per heavy atom. The summed E-state index contributed by atoms with van der Waals surface area (Å²) in [7, 11) is 0. The zero-order valence-electron chi connectivity index (χ0n) is 10.9. The maximum Gasteiger partial charge on any atom is 0.416 e. The largest absolute Gasteiger partial charge is 0.416 e. The molecule has 0 fully saturated rings. The smallest absolute Gasteiger partial charge is 0.385 e. The standard InChI is InChI=1S/C14H15F3N2O/c1-2-19-8-7-18-13(19)12(20)9-10-3-5-11(6-4-10)14(15,16)17/h3-8,12,20H,2,9H2,1H3. The summed E-state index contributed by atoms with van der Waals surface area (Å²) in [5, 5.41) is 10.1. The van der Waals surface area contributed by atoms with Crippen LogP contribution in [0.3, 0.4) is 0 Å². The molecule has 0 aliphatic carbocycles. The summed E-state index contributed by atoms with van der Waals surface area (Å²) >= 11 is 0. The molecule has 0 amide bonds. The van der Waals surface area contributed by atoms with E-state index in [4.69, 9.17) is 0 Å². The number of hydrogen-bond acceptors (Lipinski definition) is 2. The van der Waals surface area contributed by atoms with E-state index in [1.807, 2.05) is 6.92 Å². The highest BCUT2D eigenvalue weighted by Crippen LogP contribution is 2.29. The van der Waals surface area contributed by atoms with E-state index in [2.05, 4.69) is 4.98 Å². The van der Waals surface area contributed by atoms with Crippen molar-refractivity contribution >= 4 is 0 Å². The quantitative estimate of drug-likeness (QED) is 0.936. The van der Waals surface area contributed by atoms with Crippen LogP contribution < -0.4 is 0 Å². The lowest BCUT2D eigenvalue weighted by atomic mass is 10.1. The van der Waals surface area contributed by atoms with E-state index < -0.39 is 17.8 Å². The van der Waals surface area contributed by atoms with Crippen molar-refractivity contribution in [3.05, 3.63) is 53.6 Å². The molecule has 0 radical (unpaired) electrons. The molecule has 0 aliphatic rings. The third-order valence-corrected chi connectivity index (χ3v) is 3.10. The molecule has 1 atom stereocenters. The SMILES string of the molecule is CCn1ccnc1C(O)Cc1ccc(C(F)(F)F)cc1. The third-order valence-electron chi connectivity index (χ3n) is 3.10. The number of aliphatic hydroxyl groups excluding tert-OH is 1. The summed E-state index contributed by atoms with van der Waals surface area (Å²) in [5.41, 5.74) is -0.0537. The van der Waals surface area contributed by atoms with E-state index in [-0.39, 0.29) is 6.42 Å². The summed E-state index contributed by atoms with van der Waals surface area (Å²) in [5.74, 6) is 0.521. The van der Waals surface area contributed by atoms with E-state index in [9.17, 15) is 18.3 Å². The fraction of sp³-hybridized carbons (Fsp3) is 0.357. The molecule has 108 valence electrons. The first-order chi connectivity index (χ1) is 9.41. The molecule has 1 heterocycles. The molecule has 1 N–H and O–H groups in total. The molecule has 0 saturated carbocycles. The van der Waals surface area contributed by atoms with Crippen LogP contribution in [0.1, 0.15) is 30.0 Å². The molecular formula is C14H15F3N2O. The van der Waals surface area contributed by atoms with Gasteiger partial charge in [-0.25, -0.2) is 4.98 Å². The Morgan fingerprint density at radius 1 is 1.25 bits per heavy atom. The molecule has 2 aromatic rings. The van der Waals surface area contributed by atoms with Gasteiger partial charge < -0.3 is 9.67 Å². The number of halogens is 3. The number of aliphatic hydroxyl groups is 1. The number of rotatable bonds is 4. The van der Waals surface area contributed by atoms with Crippen LogP contribution in [0.25, 0.3) is 0 Å². The van der Waals surface area contributed by atoms with Crippen molar-refractivity contribution in [3.63, 3.8) is 0 Å². The lowest BCUT2D eigenvalue weighted by Gasteiger charge is -2.13. The number of hydrogen-bond donors (Lipinski definition) is 1. The number of alkyl halides is 3. The van der Waals surface area contributed by atoms with E-state index in [1.165, 1.54) is 12.1 Å². The molecule has 0 bridgehead atoms. The van der Waals surface area contributed by atoms with Gasteiger partial charge in [0.2, 0.25) is 0 Å². The minimum Gasteiger partial charge on any atom is -0.385 e. The van der Waals surface area contributed by atoms with Crippen LogP contribution in [0, 0.1) is 0 Å². The van der Waals surface area contributed by atoms with Crippen LogP contribution in [-0.2, 0) is 19.1 Å². The van der Waals surface area contributed by atoms with Crippen LogP contribution in [0.5, 0.6) is 0 Å². The van der Waals surface area contributed by atoms with Crippen molar-refractivity contribution in [1.29, 1.82) is 0 Å². The van der Waals surface area contributed by atoms with E-state index in [1.54, 1.807) is 17.0 Å². The number of benzene rings is 1. The average molecular weight is 284 g/mol. The molecule has 1 aromatic heterocycles. The predicted octanol–water partition coefficient (Wildman–Crippen LogP) is 3.20. The van der Waals surface area contributed by atoms with Crippen LogP contribution in [-0.4, -0.2) is 14.7 Å². The molecule has 0 spiro atoms. The topological polar surface area (TPSA) is 38.0 Å². The summed E-state index contributed by atoms with van der Waals surface area (Å²) in [6, 6.07) is 4.80. The van der Waals surface area contributed by atoms with Gasteiger partial charge in [-0.1, -0.05) is 12.1 Å². The summed E-state index contributed by atoms with van der Waals surface area (Å²) in [6.45, 7) is 2.61. The fourth-order valence-electron chi connectivity index (χ4n) is 2.03. The van der Waals surface area contributed by atoms with Gasteiger partial charge in [0.05, 0.1) is 5.56 Å². The molecule has 2 rings (SSSR count). The van der Waals surface area contributed by atoms with Gasteiger partial charge in [-0.3, -0.25) is 0 Å². The Bertz CT molecular complexity index is 561. The fourth-order valence-corrected chi connectivity index (χ4v) is 2.03. The molecule has 0 saturated heterocycles. The van der Waals surface area contributed by atoms with Gasteiger partial charge in [-0.05, 0) is 24.6 Å². The number of nitrogens with zero attached hydrogens (tertiary/aromatic N) is 2. The van der Waals surface area contributed by atoms with E-state index >= 15 is 0 Å². The normalized spacial score (nSPS) is 13.4. The first-order valence-corrected chi connectivity index (χ1v) is 6.27. The van der Waals surface area contributed by atoms with Crippen LogP contribution in [0.4, 0.5) is 13.2 Å². The second-order valence-corrected chi connectivity index (χ2v) is 4.49. The Balaban J connectivity index is 2.10. The monoisotopic (exact) mass is 284 g/mol. The summed E-state index contributed by atoms with van der Waals surface area (Å²) < 4.78 is 39.1. The van der Waals surface area contributed by atoms with Gasteiger partial charge in [0.15, 0.2) is 0 Å². The zero-order valence-corrected chi connectivity index (χ0v) is 10.9. The van der Waals surface area contributed by atoms with Crippen molar-refractivity contribution in [2.45, 2.75) is 32.2 Å². The third kappa shape index (κ3) is 3.19. The predicted molar refractivity (Wildman–Crippen MR) is 68.0 cm³/mol. The minimum absolute atomic E-state index is 0.231. The van der Waals surface area contributed by atoms with E-state index in [0.29, 0.717) is 17.9 Å². The van der Waals surface area contributed by atoms with Gasteiger partial charge >= 0.3 is 6.18 Å². The number of aryl methyl sites for hydroxylation is 1. The van der Waals surface area contributed by atoms with Crippen LogP contribution in [0.2, 0.25) is 0 Å². The first-order valence-electron chi connectivity index (χ1n) is 6.27. The Kier molecular flexibility index (Phi) is 4.13. The second kappa shape index (κ2) is 5.66. The molecule has 0 aliphatic heterocycles. The Morgan fingerprint density at radius 2 is 1.90 bits per heavy atom. The van der Waals surface area contributed by atoms with Gasteiger partial charge in [0.25, 0.3) is 0 Å². The molecule has 1 aromatic carbocycles. The van der Waals surface area contributed by atoms with Gasteiger partial charge in [0.1, 0.15) is 11.9 Å². The van der Waals surface area contributed by atoms with Crippen molar-refractivity contribution < 1.29 is 18.3 Å². The average Bonchev–Trinajstić information content (AvgIpc) is 2.86. The van der Waals surface area contributed by atoms with Crippen molar-refractivity contribution in [1.82, 2.24) is 9.55 Å².